The van der Waals surface area contributed by atoms with Gasteiger partial charge in [0.1, 0.15) is 11.6 Å². The summed E-state index contributed by atoms with van der Waals surface area (Å²) in [5, 5.41) is 0. The molecule has 0 aliphatic rings. The Balaban J connectivity index is 2.14. The molecule has 0 radical (unpaired) electrons. The minimum Gasteiger partial charge on any atom is -0.350 e. The van der Waals surface area contributed by atoms with Crippen molar-refractivity contribution in [2.24, 2.45) is 5.73 Å². The van der Waals surface area contributed by atoms with Gasteiger partial charge < -0.3 is 5.73 Å². The highest BCUT2D eigenvalue weighted by Crippen LogP contribution is 2.09. The van der Waals surface area contributed by atoms with Crippen molar-refractivity contribution in [1.29, 1.82) is 0 Å². The third kappa shape index (κ3) is 3.95. The first-order chi connectivity index (χ1) is 9.13. The number of anilines is 1. The Hall–Kier alpha value is -2.63. The second-order valence-electron chi connectivity index (χ2n) is 4.09. The molecule has 6 heteroatoms. The molecule has 2 aromatic rings. The third-order valence-corrected chi connectivity index (χ3v) is 2.42. The molecule has 0 aliphatic carbocycles. The summed E-state index contributed by atoms with van der Waals surface area (Å²) in [5.41, 5.74) is 11.8. The van der Waals surface area contributed by atoms with Crippen LogP contribution in [0.15, 0.2) is 36.4 Å². The summed E-state index contributed by atoms with van der Waals surface area (Å²) in [6.07, 6.45) is 0.633. The number of hydrogen-bond acceptors (Lipinski definition) is 4. The number of hydrazine groups is 1. The lowest BCUT2D eigenvalue weighted by Crippen LogP contribution is -2.34. The van der Waals surface area contributed by atoms with Gasteiger partial charge in [0, 0.05) is 18.2 Å². The lowest BCUT2D eigenvalue weighted by atomic mass is 10.1. The molecule has 19 heavy (non-hydrogen) atoms. The SMILES string of the molecule is Cc1cc(NNC(N)=O)nc(Cc2ccccc2)n1. The Bertz CT molecular complexity index is 571. The average molecular weight is 257 g/mol. The van der Waals surface area contributed by atoms with Gasteiger partial charge in [-0.25, -0.2) is 14.8 Å². The first kappa shape index (κ1) is 12.8. The molecule has 0 atom stereocenters. The van der Waals surface area contributed by atoms with Gasteiger partial charge in [-0.05, 0) is 12.5 Å². The number of urea groups is 1. The van der Waals surface area contributed by atoms with E-state index < -0.39 is 6.03 Å². The summed E-state index contributed by atoms with van der Waals surface area (Å²) in [5.74, 6) is 1.19. The van der Waals surface area contributed by atoms with Gasteiger partial charge in [0.15, 0.2) is 0 Å². The molecular formula is C13H15N5O. The molecule has 0 saturated heterocycles. The van der Waals surface area contributed by atoms with Crippen LogP contribution in [0.1, 0.15) is 17.1 Å². The van der Waals surface area contributed by atoms with Crippen molar-refractivity contribution in [3.8, 4) is 0 Å². The highest BCUT2D eigenvalue weighted by atomic mass is 16.2. The van der Waals surface area contributed by atoms with Crippen molar-refractivity contribution in [2.75, 3.05) is 5.43 Å². The average Bonchev–Trinajstić information content (AvgIpc) is 2.37. The van der Waals surface area contributed by atoms with Crippen LogP contribution < -0.4 is 16.6 Å². The van der Waals surface area contributed by atoms with Crippen LogP contribution in [0.4, 0.5) is 10.6 Å². The molecule has 6 nitrogen and oxygen atoms in total. The van der Waals surface area contributed by atoms with Crippen molar-refractivity contribution in [3.63, 3.8) is 0 Å². The van der Waals surface area contributed by atoms with Crippen LogP contribution in [0, 0.1) is 6.92 Å². The zero-order chi connectivity index (χ0) is 13.7. The predicted molar refractivity (Wildman–Crippen MR) is 72.4 cm³/mol. The fraction of sp³-hybridized carbons (Fsp3) is 0.154. The molecule has 2 rings (SSSR count). The lowest BCUT2D eigenvalue weighted by Gasteiger charge is -2.08. The molecule has 0 aliphatic heterocycles. The van der Waals surface area contributed by atoms with Gasteiger partial charge in [0.2, 0.25) is 0 Å². The minimum atomic E-state index is -0.666. The van der Waals surface area contributed by atoms with Gasteiger partial charge in [-0.2, -0.15) is 0 Å². The van der Waals surface area contributed by atoms with Crippen LogP contribution in [0.2, 0.25) is 0 Å². The van der Waals surface area contributed by atoms with Gasteiger partial charge >= 0.3 is 6.03 Å². The van der Waals surface area contributed by atoms with Crippen LogP contribution in [-0.2, 0) is 6.42 Å². The van der Waals surface area contributed by atoms with E-state index in [1.165, 1.54) is 0 Å². The van der Waals surface area contributed by atoms with E-state index in [1.54, 1.807) is 6.07 Å². The monoisotopic (exact) mass is 257 g/mol. The second kappa shape index (κ2) is 5.81. The van der Waals surface area contributed by atoms with Crippen molar-refractivity contribution in [1.82, 2.24) is 15.4 Å². The Kier molecular flexibility index (Phi) is 3.92. The van der Waals surface area contributed by atoms with E-state index >= 15 is 0 Å². The fourth-order valence-electron chi connectivity index (χ4n) is 1.68. The molecule has 2 amide bonds. The quantitative estimate of drug-likeness (QED) is 0.721. The van der Waals surface area contributed by atoms with E-state index in [-0.39, 0.29) is 0 Å². The number of aryl methyl sites for hydroxylation is 1. The molecule has 0 unspecified atom stereocenters. The first-order valence-corrected chi connectivity index (χ1v) is 5.83. The predicted octanol–water partition coefficient (Wildman–Crippen LogP) is 1.37. The van der Waals surface area contributed by atoms with E-state index in [4.69, 9.17) is 5.73 Å². The zero-order valence-electron chi connectivity index (χ0n) is 10.6. The van der Waals surface area contributed by atoms with Crippen LogP contribution >= 0.6 is 0 Å². The second-order valence-corrected chi connectivity index (χ2v) is 4.09. The molecule has 0 spiro atoms. The van der Waals surface area contributed by atoms with E-state index in [1.807, 2.05) is 37.3 Å². The number of carbonyl (C=O) groups is 1. The van der Waals surface area contributed by atoms with Crippen LogP contribution in [0.3, 0.4) is 0 Å². The third-order valence-electron chi connectivity index (χ3n) is 2.42. The summed E-state index contributed by atoms with van der Waals surface area (Å²) >= 11 is 0. The summed E-state index contributed by atoms with van der Waals surface area (Å²) in [6, 6.07) is 11.0. The molecule has 4 N–H and O–H groups in total. The number of rotatable bonds is 4. The van der Waals surface area contributed by atoms with E-state index in [0.29, 0.717) is 18.1 Å². The molecule has 98 valence electrons. The summed E-state index contributed by atoms with van der Waals surface area (Å²) in [7, 11) is 0. The largest absolute Gasteiger partial charge is 0.350 e. The molecule has 0 bridgehead atoms. The van der Waals surface area contributed by atoms with Crippen LogP contribution in [0.5, 0.6) is 0 Å². The zero-order valence-corrected chi connectivity index (χ0v) is 10.6. The molecule has 0 fully saturated rings. The minimum absolute atomic E-state index is 0.511. The Morgan fingerprint density at radius 3 is 2.68 bits per heavy atom. The maximum absolute atomic E-state index is 10.6. The van der Waals surface area contributed by atoms with Gasteiger partial charge in [0.05, 0.1) is 0 Å². The van der Waals surface area contributed by atoms with E-state index in [2.05, 4.69) is 20.8 Å². The number of aromatic nitrogens is 2. The maximum atomic E-state index is 10.6. The number of carbonyl (C=O) groups excluding carboxylic acids is 1. The number of amides is 2. The van der Waals surface area contributed by atoms with Crippen LogP contribution in [0.25, 0.3) is 0 Å². The van der Waals surface area contributed by atoms with Crippen molar-refractivity contribution >= 4 is 11.8 Å². The van der Waals surface area contributed by atoms with E-state index in [0.717, 1.165) is 11.3 Å². The lowest BCUT2D eigenvalue weighted by molar-refractivity contribution is 0.250. The number of nitrogens with two attached hydrogens (primary N) is 1. The number of benzene rings is 1. The molecule has 1 aromatic carbocycles. The van der Waals surface area contributed by atoms with Crippen LogP contribution in [-0.4, -0.2) is 16.0 Å². The van der Waals surface area contributed by atoms with E-state index in [9.17, 15) is 4.79 Å². The number of primary amides is 1. The summed E-state index contributed by atoms with van der Waals surface area (Å²) in [6.45, 7) is 1.87. The maximum Gasteiger partial charge on any atom is 0.330 e. The number of nitrogens with zero attached hydrogens (tertiary/aromatic N) is 2. The summed E-state index contributed by atoms with van der Waals surface area (Å²) < 4.78 is 0. The highest BCUT2D eigenvalue weighted by molar-refractivity contribution is 5.73. The fourth-order valence-corrected chi connectivity index (χ4v) is 1.68. The Labute approximate surface area is 111 Å². The van der Waals surface area contributed by atoms with Gasteiger partial charge in [-0.3, -0.25) is 10.9 Å². The molecule has 0 saturated carbocycles. The van der Waals surface area contributed by atoms with Gasteiger partial charge in [-0.1, -0.05) is 30.3 Å². The highest BCUT2D eigenvalue weighted by Gasteiger charge is 2.04. The first-order valence-electron chi connectivity index (χ1n) is 5.83. The molecular weight excluding hydrogens is 242 g/mol. The Morgan fingerprint density at radius 2 is 2.00 bits per heavy atom. The van der Waals surface area contributed by atoms with Gasteiger partial charge in [-0.15, -0.1) is 0 Å². The van der Waals surface area contributed by atoms with Crippen molar-refractivity contribution in [2.45, 2.75) is 13.3 Å². The topological polar surface area (TPSA) is 92.9 Å². The van der Waals surface area contributed by atoms with Crippen molar-refractivity contribution < 1.29 is 4.79 Å². The van der Waals surface area contributed by atoms with Gasteiger partial charge in [0.25, 0.3) is 0 Å². The summed E-state index contributed by atoms with van der Waals surface area (Å²) in [4.78, 5) is 19.3. The molecule has 1 heterocycles. The van der Waals surface area contributed by atoms with Crippen molar-refractivity contribution in [3.05, 3.63) is 53.5 Å². The number of nitrogens with one attached hydrogen (secondary N) is 2. The number of hydrogen-bond donors (Lipinski definition) is 3. The standard InChI is InChI=1S/C13H15N5O/c1-9-7-12(17-18-13(14)19)16-11(15-9)8-10-5-3-2-4-6-10/h2-7H,8H2,1H3,(H3,14,18,19)(H,15,16,17). The Morgan fingerprint density at radius 1 is 1.26 bits per heavy atom. The normalized spacial score (nSPS) is 9.95. The smallest absolute Gasteiger partial charge is 0.330 e. The molecule has 1 aromatic heterocycles.